The monoisotopic (exact) mass is 499 g/mol. The number of anilines is 1. The summed E-state index contributed by atoms with van der Waals surface area (Å²) in [7, 11) is 1.88. The van der Waals surface area contributed by atoms with E-state index in [0.29, 0.717) is 24.0 Å². The Balaban J connectivity index is 0.00000192. The highest BCUT2D eigenvalue weighted by Gasteiger charge is 2.53. The van der Waals surface area contributed by atoms with E-state index in [0.717, 1.165) is 57.7 Å². The lowest BCUT2D eigenvalue weighted by Crippen LogP contribution is -2.41. The Morgan fingerprint density at radius 1 is 1.18 bits per heavy atom. The van der Waals surface area contributed by atoms with Crippen LogP contribution in [0.5, 0.6) is 0 Å². The Bertz CT molecular complexity index is 676. The molecule has 0 saturated carbocycles. The van der Waals surface area contributed by atoms with Gasteiger partial charge in [0.05, 0.1) is 25.4 Å². The second-order valence-electron chi connectivity index (χ2n) is 8.05. The summed E-state index contributed by atoms with van der Waals surface area (Å²) >= 11 is 0. The highest BCUT2D eigenvalue weighted by Crippen LogP contribution is 2.47. The van der Waals surface area contributed by atoms with Crippen LogP contribution in [0.2, 0.25) is 0 Å². The molecule has 4 aliphatic rings. The van der Waals surface area contributed by atoms with E-state index in [2.05, 4.69) is 37.2 Å². The number of pyridine rings is 1. The van der Waals surface area contributed by atoms with E-state index in [9.17, 15) is 0 Å². The fourth-order valence-electron chi connectivity index (χ4n) is 5.15. The van der Waals surface area contributed by atoms with Crippen LogP contribution in [0.4, 0.5) is 5.82 Å². The van der Waals surface area contributed by atoms with Gasteiger partial charge >= 0.3 is 0 Å². The van der Waals surface area contributed by atoms with Crippen LogP contribution in [-0.4, -0.2) is 74.5 Å². The Labute approximate surface area is 183 Å². The molecule has 0 radical (unpaired) electrons. The number of ether oxygens (including phenoxy) is 2. The van der Waals surface area contributed by atoms with Crippen LogP contribution in [0.1, 0.15) is 18.4 Å². The van der Waals surface area contributed by atoms with Crippen LogP contribution in [0.3, 0.4) is 0 Å². The minimum Gasteiger partial charge on any atom is -0.378 e. The zero-order chi connectivity index (χ0) is 18.2. The van der Waals surface area contributed by atoms with E-state index in [1.165, 1.54) is 18.4 Å². The van der Waals surface area contributed by atoms with Crippen LogP contribution in [0.25, 0.3) is 0 Å². The molecule has 4 unspecified atom stereocenters. The first-order valence-electron chi connectivity index (χ1n) is 10.2. The van der Waals surface area contributed by atoms with Crippen molar-refractivity contribution in [3.63, 3.8) is 0 Å². The number of hydrogen-bond acceptors (Lipinski definition) is 5. The summed E-state index contributed by atoms with van der Waals surface area (Å²) in [4.78, 5) is 13.9. The van der Waals surface area contributed by atoms with Crippen molar-refractivity contribution in [2.24, 2.45) is 16.8 Å². The van der Waals surface area contributed by atoms with E-state index in [1.807, 2.05) is 13.2 Å². The number of aromatic nitrogens is 1. The summed E-state index contributed by atoms with van der Waals surface area (Å²) in [6.45, 7) is 6.29. The fourth-order valence-corrected chi connectivity index (χ4v) is 5.15. The van der Waals surface area contributed by atoms with Gasteiger partial charge in [-0.1, -0.05) is 6.07 Å². The molecule has 1 aromatic rings. The van der Waals surface area contributed by atoms with Crippen molar-refractivity contribution in [2.45, 2.75) is 31.6 Å². The Hall–Kier alpha value is -1.13. The highest BCUT2D eigenvalue weighted by molar-refractivity contribution is 14.0. The number of halogens is 1. The van der Waals surface area contributed by atoms with Crippen LogP contribution < -0.4 is 10.2 Å². The van der Waals surface area contributed by atoms with Gasteiger partial charge < -0.3 is 24.6 Å². The molecule has 8 heteroatoms. The van der Waals surface area contributed by atoms with E-state index >= 15 is 0 Å². The predicted molar refractivity (Wildman–Crippen MR) is 119 cm³/mol. The summed E-state index contributed by atoms with van der Waals surface area (Å²) in [5.74, 6) is 3.42. The van der Waals surface area contributed by atoms with Gasteiger partial charge in [0.1, 0.15) is 5.82 Å². The molecule has 5 rings (SSSR count). The van der Waals surface area contributed by atoms with Crippen molar-refractivity contribution in [3.8, 4) is 0 Å². The molecule has 0 amide bonds. The molecule has 4 fully saturated rings. The number of likely N-dealkylation sites (tertiary alicyclic amines) is 1. The molecule has 4 aliphatic heterocycles. The third-order valence-electron chi connectivity index (χ3n) is 6.56. The first kappa shape index (κ1) is 20.2. The number of nitrogens with zero attached hydrogens (tertiary/aromatic N) is 4. The van der Waals surface area contributed by atoms with Gasteiger partial charge in [-0.3, -0.25) is 4.99 Å². The average molecular weight is 499 g/mol. The van der Waals surface area contributed by atoms with E-state index < -0.39 is 0 Å². The Kier molecular flexibility index (Phi) is 6.27. The molecule has 2 bridgehead atoms. The van der Waals surface area contributed by atoms with Crippen molar-refractivity contribution in [2.75, 3.05) is 51.3 Å². The van der Waals surface area contributed by atoms with Crippen molar-refractivity contribution >= 4 is 35.8 Å². The van der Waals surface area contributed by atoms with Crippen LogP contribution in [0, 0.1) is 11.8 Å². The normalized spacial score (nSPS) is 31.7. The van der Waals surface area contributed by atoms with Crippen molar-refractivity contribution < 1.29 is 9.47 Å². The number of hydrogen-bond donors (Lipinski definition) is 1. The molecule has 5 heterocycles. The quantitative estimate of drug-likeness (QED) is 0.389. The van der Waals surface area contributed by atoms with Gasteiger partial charge in [-0.25, -0.2) is 4.98 Å². The molecule has 0 aromatic carbocycles. The van der Waals surface area contributed by atoms with Crippen molar-refractivity contribution in [1.29, 1.82) is 0 Å². The number of morpholine rings is 1. The molecule has 1 N–H and O–H groups in total. The molecular weight excluding hydrogens is 469 g/mol. The van der Waals surface area contributed by atoms with E-state index in [4.69, 9.17) is 9.47 Å². The third-order valence-corrected chi connectivity index (χ3v) is 6.56. The van der Waals surface area contributed by atoms with Gasteiger partial charge in [0.25, 0.3) is 0 Å². The molecule has 4 saturated heterocycles. The first-order chi connectivity index (χ1) is 13.3. The van der Waals surface area contributed by atoms with Gasteiger partial charge in [-0.2, -0.15) is 0 Å². The molecule has 7 nitrogen and oxygen atoms in total. The maximum atomic E-state index is 6.08. The molecular formula is C20H30IN5O2. The fraction of sp³-hybridized carbons (Fsp3) is 0.700. The maximum absolute atomic E-state index is 6.08. The van der Waals surface area contributed by atoms with Crippen LogP contribution >= 0.6 is 24.0 Å². The Morgan fingerprint density at radius 2 is 1.89 bits per heavy atom. The maximum Gasteiger partial charge on any atom is 0.193 e. The average Bonchev–Trinajstić information content (AvgIpc) is 3.43. The lowest BCUT2D eigenvalue weighted by Gasteiger charge is -2.27. The van der Waals surface area contributed by atoms with Gasteiger partial charge in [-0.05, 0) is 24.5 Å². The summed E-state index contributed by atoms with van der Waals surface area (Å²) < 4.78 is 11.5. The highest BCUT2D eigenvalue weighted by atomic mass is 127. The molecule has 28 heavy (non-hydrogen) atoms. The lowest BCUT2D eigenvalue weighted by atomic mass is 9.82. The molecule has 154 valence electrons. The number of guanidine groups is 1. The zero-order valence-corrected chi connectivity index (χ0v) is 18.7. The molecule has 0 spiro atoms. The lowest BCUT2D eigenvalue weighted by molar-refractivity contribution is 0.0767. The van der Waals surface area contributed by atoms with Gasteiger partial charge in [0.15, 0.2) is 5.96 Å². The minimum absolute atomic E-state index is 0. The largest absolute Gasteiger partial charge is 0.378 e. The zero-order valence-electron chi connectivity index (χ0n) is 16.4. The molecule has 0 aliphatic carbocycles. The second-order valence-corrected chi connectivity index (χ2v) is 8.05. The summed E-state index contributed by atoms with van der Waals surface area (Å²) in [5.41, 5.74) is 1.18. The number of fused-ring (bicyclic) bond motifs is 5. The topological polar surface area (TPSA) is 62.2 Å². The predicted octanol–water partition coefficient (Wildman–Crippen LogP) is 1.72. The Morgan fingerprint density at radius 3 is 2.50 bits per heavy atom. The third kappa shape index (κ3) is 3.82. The number of nitrogens with one attached hydrogen (secondary N) is 1. The summed E-state index contributed by atoms with van der Waals surface area (Å²) in [5, 5.41) is 3.53. The van der Waals surface area contributed by atoms with Gasteiger partial charge in [0.2, 0.25) is 0 Å². The van der Waals surface area contributed by atoms with Crippen LogP contribution in [-0.2, 0) is 16.0 Å². The number of rotatable bonds is 3. The van der Waals surface area contributed by atoms with Gasteiger partial charge in [-0.15, -0.1) is 24.0 Å². The minimum atomic E-state index is 0. The molecule has 1 aromatic heterocycles. The number of aliphatic imine (C=N–C) groups is 1. The standard InChI is InChI=1S/C20H29N5O2.HI/c1-21-20(25-12-15-16(13-25)18-4-3-17(15)27-18)23-11-14-2-5-19(22-10-14)24-6-8-26-9-7-24;/h2,5,10,15-18H,3-4,6-9,11-13H2,1H3,(H,21,23);1H. The first-order valence-corrected chi connectivity index (χ1v) is 10.2. The molecule has 4 atom stereocenters. The van der Waals surface area contributed by atoms with E-state index in [1.54, 1.807) is 0 Å². The van der Waals surface area contributed by atoms with Crippen molar-refractivity contribution in [3.05, 3.63) is 23.9 Å². The SMILES string of the molecule is CN=C(NCc1ccc(N2CCOCC2)nc1)N1CC2C3CCC(O3)C2C1.I. The van der Waals surface area contributed by atoms with Crippen molar-refractivity contribution in [1.82, 2.24) is 15.2 Å². The van der Waals surface area contributed by atoms with Gasteiger partial charge in [0, 0.05) is 57.8 Å². The van der Waals surface area contributed by atoms with E-state index in [-0.39, 0.29) is 24.0 Å². The summed E-state index contributed by atoms with van der Waals surface area (Å²) in [6.07, 6.45) is 5.43. The second kappa shape index (κ2) is 8.71. The van der Waals surface area contributed by atoms with Crippen LogP contribution in [0.15, 0.2) is 23.3 Å². The summed E-state index contributed by atoms with van der Waals surface area (Å²) in [6, 6.07) is 4.27. The smallest absolute Gasteiger partial charge is 0.193 e.